The van der Waals surface area contributed by atoms with Crippen molar-refractivity contribution in [3.8, 4) is 0 Å². The van der Waals surface area contributed by atoms with Gasteiger partial charge < -0.3 is 10.2 Å². The minimum atomic E-state index is 0.749. The van der Waals surface area contributed by atoms with Gasteiger partial charge in [-0.25, -0.2) is 4.98 Å². The summed E-state index contributed by atoms with van der Waals surface area (Å²) in [5.41, 5.74) is 3.18. The molecule has 0 unspecified atom stereocenters. The van der Waals surface area contributed by atoms with Gasteiger partial charge in [0, 0.05) is 23.5 Å². The molecule has 1 N–H and O–H groups in total. The first-order valence-corrected chi connectivity index (χ1v) is 7.85. The molecule has 1 aliphatic carbocycles. The fourth-order valence-electron chi connectivity index (χ4n) is 2.83. The fraction of sp³-hybridized carbons (Fsp3) is 0.786. The Morgan fingerprint density at radius 2 is 2.11 bits per heavy atom. The molecule has 1 fully saturated rings. The molecule has 1 aromatic rings. The summed E-state index contributed by atoms with van der Waals surface area (Å²) in [4.78, 5) is 8.32. The van der Waals surface area contributed by atoms with Gasteiger partial charge in [-0.1, -0.05) is 0 Å². The highest BCUT2D eigenvalue weighted by atomic mass is 32.1. The molecule has 102 valence electrons. The number of thiazole rings is 1. The Morgan fingerprint density at radius 1 is 1.39 bits per heavy atom. The van der Waals surface area contributed by atoms with Gasteiger partial charge in [-0.3, -0.25) is 0 Å². The molecule has 18 heavy (non-hydrogen) atoms. The summed E-state index contributed by atoms with van der Waals surface area (Å²) in [6.07, 6.45) is 6.47. The SMILES string of the molecule is CNC1CCC(N(C)CCc2scnc2C)CC1. The maximum Gasteiger partial charge on any atom is 0.0797 e. The third kappa shape index (κ3) is 3.53. The molecule has 1 saturated carbocycles. The van der Waals surface area contributed by atoms with Gasteiger partial charge in [-0.05, 0) is 53.1 Å². The summed E-state index contributed by atoms with van der Waals surface area (Å²) in [7, 11) is 4.36. The van der Waals surface area contributed by atoms with Crippen molar-refractivity contribution in [2.24, 2.45) is 0 Å². The van der Waals surface area contributed by atoms with Crippen molar-refractivity contribution in [2.75, 3.05) is 20.6 Å². The summed E-state index contributed by atoms with van der Waals surface area (Å²) < 4.78 is 0. The molecule has 0 atom stereocenters. The first-order valence-electron chi connectivity index (χ1n) is 6.97. The lowest BCUT2D eigenvalue weighted by Crippen LogP contribution is -2.40. The average Bonchev–Trinajstić information content (AvgIpc) is 2.81. The van der Waals surface area contributed by atoms with Crippen LogP contribution in [0.1, 0.15) is 36.3 Å². The number of likely N-dealkylation sites (N-methyl/N-ethyl adjacent to an activating group) is 1. The Balaban J connectivity index is 1.75. The zero-order chi connectivity index (χ0) is 13.0. The topological polar surface area (TPSA) is 28.2 Å². The van der Waals surface area contributed by atoms with Gasteiger partial charge in [0.15, 0.2) is 0 Å². The van der Waals surface area contributed by atoms with E-state index in [9.17, 15) is 0 Å². The molecular formula is C14H25N3S. The second-order valence-electron chi connectivity index (χ2n) is 5.39. The number of aryl methyl sites for hydroxylation is 1. The van der Waals surface area contributed by atoms with E-state index in [0.29, 0.717) is 0 Å². The Morgan fingerprint density at radius 3 is 2.67 bits per heavy atom. The zero-order valence-corrected chi connectivity index (χ0v) is 12.6. The molecule has 0 radical (unpaired) electrons. The van der Waals surface area contributed by atoms with Gasteiger partial charge in [-0.2, -0.15) is 0 Å². The quantitative estimate of drug-likeness (QED) is 0.888. The molecule has 4 heteroatoms. The molecule has 0 bridgehead atoms. The van der Waals surface area contributed by atoms with Crippen LogP contribution in [0.5, 0.6) is 0 Å². The van der Waals surface area contributed by atoms with E-state index in [1.807, 2.05) is 5.51 Å². The zero-order valence-electron chi connectivity index (χ0n) is 11.8. The van der Waals surface area contributed by atoms with Gasteiger partial charge in [0.2, 0.25) is 0 Å². The van der Waals surface area contributed by atoms with Gasteiger partial charge in [0.1, 0.15) is 0 Å². The maximum absolute atomic E-state index is 4.32. The third-order valence-electron chi connectivity index (χ3n) is 4.26. The van der Waals surface area contributed by atoms with E-state index >= 15 is 0 Å². The molecule has 1 aromatic heterocycles. The number of rotatable bonds is 5. The standard InChI is InChI=1S/C14H25N3S/c1-11-14(18-10-16-11)8-9-17(3)13-6-4-12(15-2)5-7-13/h10,12-13,15H,4-9H2,1-3H3. The monoisotopic (exact) mass is 267 g/mol. The number of hydrogen-bond acceptors (Lipinski definition) is 4. The molecule has 0 amide bonds. The van der Waals surface area contributed by atoms with Crippen molar-refractivity contribution in [3.05, 3.63) is 16.1 Å². The normalized spacial score (nSPS) is 24.7. The van der Waals surface area contributed by atoms with Crippen molar-refractivity contribution >= 4 is 11.3 Å². The molecule has 2 rings (SSSR count). The third-order valence-corrected chi connectivity index (χ3v) is 5.26. The Bertz CT molecular complexity index is 356. The van der Waals surface area contributed by atoms with E-state index < -0.39 is 0 Å². The van der Waals surface area contributed by atoms with Crippen molar-refractivity contribution in [1.29, 1.82) is 0 Å². The second kappa shape index (κ2) is 6.64. The number of nitrogens with zero attached hydrogens (tertiary/aromatic N) is 2. The van der Waals surface area contributed by atoms with Gasteiger partial charge in [-0.15, -0.1) is 11.3 Å². The molecule has 0 spiro atoms. The molecule has 0 aliphatic heterocycles. The molecule has 0 aromatic carbocycles. The highest BCUT2D eigenvalue weighted by Gasteiger charge is 2.22. The highest BCUT2D eigenvalue weighted by molar-refractivity contribution is 7.09. The molecule has 3 nitrogen and oxygen atoms in total. The van der Waals surface area contributed by atoms with Crippen LogP contribution in [-0.4, -0.2) is 42.6 Å². The second-order valence-corrected chi connectivity index (χ2v) is 6.32. The van der Waals surface area contributed by atoms with E-state index in [1.54, 1.807) is 11.3 Å². The number of nitrogens with one attached hydrogen (secondary N) is 1. The van der Waals surface area contributed by atoms with Crippen LogP contribution in [0.4, 0.5) is 0 Å². The van der Waals surface area contributed by atoms with Gasteiger partial charge in [0.25, 0.3) is 0 Å². The first-order chi connectivity index (χ1) is 8.70. The Labute approximate surface area is 115 Å². The van der Waals surface area contributed by atoms with Crippen LogP contribution in [0.2, 0.25) is 0 Å². The van der Waals surface area contributed by atoms with Crippen LogP contribution in [0.25, 0.3) is 0 Å². The van der Waals surface area contributed by atoms with Crippen molar-refractivity contribution in [2.45, 2.75) is 51.1 Å². The minimum absolute atomic E-state index is 0.749. The maximum atomic E-state index is 4.32. The van der Waals surface area contributed by atoms with Crippen molar-refractivity contribution in [3.63, 3.8) is 0 Å². The van der Waals surface area contributed by atoms with E-state index in [1.165, 1.54) is 36.3 Å². The number of hydrogen-bond donors (Lipinski definition) is 1. The van der Waals surface area contributed by atoms with E-state index in [-0.39, 0.29) is 0 Å². The predicted molar refractivity (Wildman–Crippen MR) is 78.3 cm³/mol. The van der Waals surface area contributed by atoms with E-state index in [4.69, 9.17) is 0 Å². The van der Waals surface area contributed by atoms with Crippen LogP contribution in [0.15, 0.2) is 5.51 Å². The van der Waals surface area contributed by atoms with Crippen LogP contribution in [0, 0.1) is 6.92 Å². The van der Waals surface area contributed by atoms with Crippen LogP contribution >= 0.6 is 11.3 Å². The lowest BCUT2D eigenvalue weighted by Gasteiger charge is -2.34. The predicted octanol–water partition coefficient (Wildman–Crippen LogP) is 2.46. The Hall–Kier alpha value is -0.450. The summed E-state index contributed by atoms with van der Waals surface area (Å²) in [6.45, 7) is 3.28. The Kier molecular flexibility index (Phi) is 5.15. The summed E-state index contributed by atoms with van der Waals surface area (Å²) in [5, 5.41) is 3.40. The molecular weight excluding hydrogens is 242 g/mol. The summed E-state index contributed by atoms with van der Waals surface area (Å²) in [5.74, 6) is 0. The van der Waals surface area contributed by atoms with Crippen molar-refractivity contribution in [1.82, 2.24) is 15.2 Å². The smallest absolute Gasteiger partial charge is 0.0797 e. The molecule has 1 heterocycles. The van der Waals surface area contributed by atoms with Crippen LogP contribution in [0.3, 0.4) is 0 Å². The first kappa shape index (κ1) is 14.0. The summed E-state index contributed by atoms with van der Waals surface area (Å²) >= 11 is 1.79. The van der Waals surface area contributed by atoms with Gasteiger partial charge >= 0.3 is 0 Å². The minimum Gasteiger partial charge on any atom is -0.317 e. The highest BCUT2D eigenvalue weighted by Crippen LogP contribution is 2.23. The lowest BCUT2D eigenvalue weighted by atomic mass is 9.90. The van der Waals surface area contributed by atoms with Crippen LogP contribution in [-0.2, 0) is 6.42 Å². The van der Waals surface area contributed by atoms with E-state index in [2.05, 4.69) is 36.2 Å². The average molecular weight is 267 g/mol. The lowest BCUT2D eigenvalue weighted by molar-refractivity contribution is 0.178. The molecule has 1 aliphatic rings. The fourth-order valence-corrected chi connectivity index (χ4v) is 3.60. The number of aromatic nitrogens is 1. The van der Waals surface area contributed by atoms with Gasteiger partial charge in [0.05, 0.1) is 11.2 Å². The van der Waals surface area contributed by atoms with Crippen LogP contribution < -0.4 is 5.32 Å². The van der Waals surface area contributed by atoms with Crippen molar-refractivity contribution < 1.29 is 0 Å². The van der Waals surface area contributed by atoms with E-state index in [0.717, 1.165) is 25.0 Å². The molecule has 0 saturated heterocycles. The largest absolute Gasteiger partial charge is 0.317 e. The summed E-state index contributed by atoms with van der Waals surface area (Å²) in [6, 6.07) is 1.53.